The van der Waals surface area contributed by atoms with Crippen LogP contribution in [0.2, 0.25) is 0 Å². The molecule has 2 N–H and O–H groups in total. The van der Waals surface area contributed by atoms with Crippen molar-refractivity contribution in [2.45, 2.75) is 95.0 Å². The number of carbonyl (C=O) groups excluding carboxylic acids is 1. The highest BCUT2D eigenvalue weighted by Crippen LogP contribution is 2.38. The fourth-order valence-electron chi connectivity index (χ4n) is 5.59. The zero-order chi connectivity index (χ0) is 26.2. The van der Waals surface area contributed by atoms with Crippen LogP contribution < -0.4 is 10.0 Å². The zero-order valence-electron chi connectivity index (χ0n) is 22.1. The van der Waals surface area contributed by atoms with Crippen molar-refractivity contribution in [3.8, 4) is 11.3 Å². The van der Waals surface area contributed by atoms with Crippen LogP contribution in [-0.4, -0.2) is 25.9 Å². The molecule has 6 nitrogen and oxygen atoms in total. The van der Waals surface area contributed by atoms with Crippen LogP contribution in [0, 0.1) is 5.92 Å². The zero-order valence-corrected chi connectivity index (χ0v) is 22.9. The number of hydrogen-bond donors (Lipinski definition) is 2. The van der Waals surface area contributed by atoms with Gasteiger partial charge >= 0.3 is 0 Å². The lowest BCUT2D eigenvalue weighted by atomic mass is 9.84. The Balaban J connectivity index is 1.59. The van der Waals surface area contributed by atoms with Crippen molar-refractivity contribution in [2.75, 3.05) is 0 Å². The molecule has 0 radical (unpaired) electrons. The van der Waals surface area contributed by atoms with Crippen LogP contribution in [0.3, 0.4) is 0 Å². The van der Waals surface area contributed by atoms with Gasteiger partial charge in [0.15, 0.2) is 5.76 Å². The highest BCUT2D eigenvalue weighted by atomic mass is 32.2. The van der Waals surface area contributed by atoms with Crippen molar-refractivity contribution in [1.29, 1.82) is 0 Å². The number of amides is 1. The molecule has 2 aliphatic carbocycles. The molecule has 0 spiro atoms. The maximum atomic E-state index is 13.3. The second-order valence-electron chi connectivity index (χ2n) is 11.8. The fraction of sp³-hybridized carbons (Fsp3) is 0.500. The van der Waals surface area contributed by atoms with Gasteiger partial charge in [-0.1, -0.05) is 56.4 Å². The lowest BCUT2D eigenvalue weighted by Crippen LogP contribution is -2.40. The molecule has 0 atom stereocenters. The Hall–Kier alpha value is -2.64. The number of rotatable bonds is 7. The van der Waals surface area contributed by atoms with Gasteiger partial charge in [-0.2, -0.15) is 0 Å². The average molecular weight is 523 g/mol. The SMILES string of the molecule is CC(C)(C)NS(=O)(=O)c1ccc(-c2oc(C(=O)NC3CCC3)cc2CC2CCCCC2)c2ccccc12. The molecule has 2 aromatic carbocycles. The van der Waals surface area contributed by atoms with E-state index in [1.165, 1.54) is 32.1 Å². The molecule has 1 heterocycles. The van der Waals surface area contributed by atoms with E-state index in [1.807, 2.05) is 57.2 Å². The highest BCUT2D eigenvalue weighted by Gasteiger charge is 2.28. The third-order valence-corrected chi connectivity index (χ3v) is 9.38. The minimum atomic E-state index is -3.74. The number of nitrogens with one attached hydrogen (secondary N) is 2. The van der Waals surface area contributed by atoms with Gasteiger partial charge in [-0.05, 0) is 81.5 Å². The molecule has 3 aromatic rings. The molecule has 37 heavy (non-hydrogen) atoms. The van der Waals surface area contributed by atoms with E-state index in [0.29, 0.717) is 22.8 Å². The average Bonchev–Trinajstić information content (AvgIpc) is 3.23. The number of furan rings is 1. The van der Waals surface area contributed by atoms with Crippen molar-refractivity contribution in [3.63, 3.8) is 0 Å². The minimum Gasteiger partial charge on any atom is -0.451 e. The Morgan fingerprint density at radius 1 is 0.946 bits per heavy atom. The number of sulfonamides is 1. The van der Waals surface area contributed by atoms with Crippen LogP contribution in [0.1, 0.15) is 88.3 Å². The first-order chi connectivity index (χ1) is 17.6. The number of carbonyl (C=O) groups is 1. The van der Waals surface area contributed by atoms with Gasteiger partial charge in [0.1, 0.15) is 5.76 Å². The monoisotopic (exact) mass is 522 g/mol. The Labute approximate surface area is 220 Å². The van der Waals surface area contributed by atoms with E-state index < -0.39 is 15.6 Å². The molecule has 0 bridgehead atoms. The van der Waals surface area contributed by atoms with Crippen LogP contribution in [0.25, 0.3) is 22.1 Å². The molecular weight excluding hydrogens is 484 g/mol. The molecule has 1 aromatic heterocycles. The third kappa shape index (κ3) is 5.78. The molecule has 2 aliphatic rings. The first-order valence-corrected chi connectivity index (χ1v) is 15.1. The summed E-state index contributed by atoms with van der Waals surface area (Å²) in [5, 5.41) is 4.53. The Morgan fingerprint density at radius 2 is 1.65 bits per heavy atom. The summed E-state index contributed by atoms with van der Waals surface area (Å²) in [6.07, 6.45) is 10.2. The van der Waals surface area contributed by atoms with E-state index in [-0.39, 0.29) is 16.8 Å². The van der Waals surface area contributed by atoms with Gasteiger partial charge in [0.05, 0.1) is 4.90 Å². The van der Waals surface area contributed by atoms with Gasteiger partial charge in [-0.15, -0.1) is 0 Å². The van der Waals surface area contributed by atoms with Gasteiger partial charge in [0.25, 0.3) is 5.91 Å². The summed E-state index contributed by atoms with van der Waals surface area (Å²) >= 11 is 0. The molecule has 198 valence electrons. The van der Waals surface area contributed by atoms with Crippen molar-refractivity contribution in [1.82, 2.24) is 10.0 Å². The summed E-state index contributed by atoms with van der Waals surface area (Å²) in [4.78, 5) is 13.3. The molecule has 2 saturated carbocycles. The van der Waals surface area contributed by atoms with Gasteiger partial charge < -0.3 is 9.73 Å². The molecular formula is C30H38N2O4S. The first kappa shape index (κ1) is 26.0. The summed E-state index contributed by atoms with van der Waals surface area (Å²) in [5.41, 5.74) is 1.24. The van der Waals surface area contributed by atoms with Crippen molar-refractivity contribution < 1.29 is 17.6 Å². The van der Waals surface area contributed by atoms with Crippen LogP contribution in [-0.2, 0) is 16.4 Å². The van der Waals surface area contributed by atoms with Crippen molar-refractivity contribution >= 4 is 26.7 Å². The lowest BCUT2D eigenvalue weighted by Gasteiger charge is -2.25. The predicted octanol–water partition coefficient (Wildman–Crippen LogP) is 6.58. The summed E-state index contributed by atoms with van der Waals surface area (Å²) in [6.45, 7) is 5.49. The lowest BCUT2D eigenvalue weighted by molar-refractivity contribution is 0.0889. The maximum Gasteiger partial charge on any atom is 0.287 e. The Kier molecular flexibility index (Phi) is 7.20. The molecule has 0 aliphatic heterocycles. The largest absolute Gasteiger partial charge is 0.451 e. The maximum absolute atomic E-state index is 13.3. The van der Waals surface area contributed by atoms with Gasteiger partial charge in [-0.3, -0.25) is 4.79 Å². The van der Waals surface area contributed by atoms with Crippen LogP contribution in [0.15, 0.2) is 51.8 Å². The Bertz CT molecular complexity index is 1390. The van der Waals surface area contributed by atoms with Gasteiger partial charge in [0, 0.05) is 22.5 Å². The van der Waals surface area contributed by atoms with E-state index in [0.717, 1.165) is 42.2 Å². The second-order valence-corrected chi connectivity index (χ2v) is 13.4. The molecule has 5 rings (SSSR count). The molecule has 2 fully saturated rings. The predicted molar refractivity (Wildman–Crippen MR) is 147 cm³/mol. The smallest absolute Gasteiger partial charge is 0.287 e. The standard InChI is InChI=1S/C30H38N2O4S/c1-30(2,3)32-37(34,35)27-17-16-25(23-14-7-8-15-24(23)27)28-21(18-20-10-5-4-6-11-20)19-26(36-28)29(33)31-22-12-9-13-22/h7-8,14-17,19-20,22,32H,4-6,9-13,18H2,1-3H3,(H,31,33). The van der Waals surface area contributed by atoms with Crippen molar-refractivity contribution in [3.05, 3.63) is 53.8 Å². The number of benzene rings is 2. The van der Waals surface area contributed by atoms with Gasteiger partial charge in [0.2, 0.25) is 10.0 Å². The van der Waals surface area contributed by atoms with E-state index in [1.54, 1.807) is 6.07 Å². The minimum absolute atomic E-state index is 0.168. The van der Waals surface area contributed by atoms with Crippen LogP contribution >= 0.6 is 0 Å². The van der Waals surface area contributed by atoms with E-state index in [4.69, 9.17) is 4.42 Å². The fourth-order valence-corrected chi connectivity index (χ4v) is 7.22. The highest BCUT2D eigenvalue weighted by molar-refractivity contribution is 7.89. The summed E-state index contributed by atoms with van der Waals surface area (Å²) < 4.78 is 35.6. The summed E-state index contributed by atoms with van der Waals surface area (Å²) in [6, 6.07) is 13.2. The summed E-state index contributed by atoms with van der Waals surface area (Å²) in [5.74, 6) is 1.41. The van der Waals surface area contributed by atoms with Crippen LogP contribution in [0.4, 0.5) is 0 Å². The molecule has 0 saturated heterocycles. The third-order valence-electron chi connectivity index (χ3n) is 7.57. The van der Waals surface area contributed by atoms with E-state index in [2.05, 4.69) is 10.0 Å². The van der Waals surface area contributed by atoms with Crippen molar-refractivity contribution in [2.24, 2.45) is 5.92 Å². The topological polar surface area (TPSA) is 88.4 Å². The summed E-state index contributed by atoms with van der Waals surface area (Å²) in [7, 11) is -3.74. The number of hydrogen-bond acceptors (Lipinski definition) is 4. The van der Waals surface area contributed by atoms with Gasteiger partial charge in [-0.25, -0.2) is 13.1 Å². The molecule has 1 amide bonds. The molecule has 7 heteroatoms. The first-order valence-electron chi connectivity index (χ1n) is 13.6. The second kappa shape index (κ2) is 10.3. The van der Waals surface area contributed by atoms with E-state index in [9.17, 15) is 13.2 Å². The Morgan fingerprint density at radius 3 is 2.30 bits per heavy atom. The normalized spacial score (nSPS) is 17.6. The van der Waals surface area contributed by atoms with Crippen LogP contribution in [0.5, 0.6) is 0 Å². The quantitative estimate of drug-likeness (QED) is 0.367. The van der Waals surface area contributed by atoms with E-state index >= 15 is 0 Å². The number of fused-ring (bicyclic) bond motifs is 1. The molecule has 0 unspecified atom stereocenters.